The molecule has 8 bridgehead atoms. The van der Waals surface area contributed by atoms with Crippen LogP contribution in [0.1, 0.15) is 57.5 Å². The predicted molar refractivity (Wildman–Crippen MR) is 166 cm³/mol. The van der Waals surface area contributed by atoms with Crippen LogP contribution in [0.4, 0.5) is 39.9 Å². The summed E-state index contributed by atoms with van der Waals surface area (Å²) in [4.78, 5) is 21.6. The molecule has 50 heavy (non-hydrogen) atoms. The van der Waals surface area contributed by atoms with Crippen LogP contribution in [-0.4, -0.2) is 33.8 Å². The van der Waals surface area contributed by atoms with Gasteiger partial charge in [0.15, 0.2) is 0 Å². The Bertz CT molecular complexity index is 2060. The Morgan fingerprint density at radius 2 is 1.68 bits per heavy atom. The average molecular weight is 722 g/mol. The first kappa shape index (κ1) is 35.0. The summed E-state index contributed by atoms with van der Waals surface area (Å²) in [7, 11) is 0.267. The zero-order chi connectivity index (χ0) is 36.2. The molecule has 5 aliphatic heterocycles. The van der Waals surface area contributed by atoms with Gasteiger partial charge < -0.3 is 19.9 Å². The quantitative estimate of drug-likeness (QED) is 0.116. The van der Waals surface area contributed by atoms with Crippen molar-refractivity contribution in [3.8, 4) is 28.3 Å². The lowest BCUT2D eigenvalue weighted by Crippen LogP contribution is -2.31. The highest BCUT2D eigenvalue weighted by atomic mass is 31.1. The number of alkyl carbamates (subject to hydrolysis) is 1. The molecule has 0 spiro atoms. The number of rotatable bonds is 1. The number of benzene rings is 2. The molecule has 2 N–H and O–H groups in total. The van der Waals surface area contributed by atoms with Crippen molar-refractivity contribution in [2.24, 2.45) is 0 Å². The number of carbonyl (C=O) groups is 1. The van der Waals surface area contributed by atoms with Gasteiger partial charge in [0.1, 0.15) is 11.6 Å². The van der Waals surface area contributed by atoms with Gasteiger partial charge in [-0.05, 0) is 60.0 Å². The zero-order valence-electron chi connectivity index (χ0n) is 25.8. The van der Waals surface area contributed by atoms with E-state index in [9.17, 15) is 36.2 Å². The molecule has 0 saturated heterocycles. The number of nitrogens with one attached hydrogen (secondary N) is 1. The van der Waals surface area contributed by atoms with Crippen molar-refractivity contribution < 1.29 is 54.5 Å². The fourth-order valence-corrected chi connectivity index (χ4v) is 6.50. The number of hydrogen-bond donors (Lipinski definition) is 2. The normalized spacial score (nSPS) is 20.5. The van der Waals surface area contributed by atoms with Crippen molar-refractivity contribution in [1.82, 2.24) is 15.3 Å². The van der Waals surface area contributed by atoms with Gasteiger partial charge in [0.05, 0.1) is 35.5 Å². The fourth-order valence-electron chi connectivity index (χ4n) is 5.70. The highest BCUT2D eigenvalue weighted by Gasteiger charge is 2.39. The summed E-state index contributed by atoms with van der Waals surface area (Å²) in [6, 6.07) is 6.83. The molecule has 0 saturated carbocycles. The van der Waals surface area contributed by atoms with Gasteiger partial charge in [0, 0.05) is 49.3 Å². The second-order valence-corrected chi connectivity index (χ2v) is 12.7. The van der Waals surface area contributed by atoms with Gasteiger partial charge in [-0.3, -0.25) is 4.98 Å². The van der Waals surface area contributed by atoms with Crippen LogP contribution in [0.3, 0.4) is 0 Å². The van der Waals surface area contributed by atoms with Crippen LogP contribution >= 0.6 is 8.20 Å². The zero-order valence-corrected chi connectivity index (χ0v) is 26.7. The minimum Gasteiger partial charge on any atom is -0.481 e. The number of hydrogen-bond acceptors (Lipinski definition) is 5. The minimum atomic E-state index is -5.08. The maximum Gasteiger partial charge on any atom is 0.417 e. The molecule has 0 fully saturated rings. The molecule has 9 rings (SSSR count). The average Bonchev–Trinajstić information content (AvgIpc) is 3.04. The molecule has 0 aliphatic carbocycles. The van der Waals surface area contributed by atoms with Crippen LogP contribution in [0.15, 0.2) is 73.1 Å². The number of aryl methyl sites for hydroxylation is 1. The molecule has 1 amide bonds. The van der Waals surface area contributed by atoms with Gasteiger partial charge in [-0.25, -0.2) is 9.78 Å². The van der Waals surface area contributed by atoms with Crippen molar-refractivity contribution in [3.63, 3.8) is 0 Å². The molecule has 7 nitrogen and oxygen atoms in total. The maximum atomic E-state index is 15.7. The van der Waals surface area contributed by atoms with E-state index in [-0.39, 0.29) is 40.8 Å². The standard InChI is InChI=1S/C34H24F8N3O4P/c1-16-8-17-6-7-23(16)19-11-25(29(48-2)44-14-19)28-24(13-22(15-43-28)33(38,39)40)26-4-3-5-27(49-31(47)45-26)18-9-20(32(35,36)37)12-21(10-18)34(41,42)50-30(17)46/h3-4,6-15,26-27,46H,5H2,1-2H3,(H,45,47)/b4-3-/t26-,27-/m0/s1. The summed E-state index contributed by atoms with van der Waals surface area (Å²) in [6.45, 7) is 1.61. The lowest BCUT2D eigenvalue weighted by atomic mass is 9.94. The van der Waals surface area contributed by atoms with Crippen LogP contribution in [0.2, 0.25) is 0 Å². The van der Waals surface area contributed by atoms with Gasteiger partial charge in [0.25, 0.3) is 0 Å². The topological polar surface area (TPSA) is 93.6 Å². The number of halogens is 8. The number of methoxy groups -OCH3 is 1. The Morgan fingerprint density at radius 1 is 0.940 bits per heavy atom. The lowest BCUT2D eigenvalue weighted by Gasteiger charge is -2.26. The number of alkyl halides is 8. The van der Waals surface area contributed by atoms with Crippen LogP contribution in [0.5, 0.6) is 5.88 Å². The van der Waals surface area contributed by atoms with Crippen molar-refractivity contribution in [3.05, 3.63) is 112 Å². The Morgan fingerprint density at radius 3 is 2.36 bits per heavy atom. The van der Waals surface area contributed by atoms with Crippen molar-refractivity contribution in [1.29, 1.82) is 0 Å². The fraction of sp³-hybridized carbons (Fsp3) is 0.235. The summed E-state index contributed by atoms with van der Waals surface area (Å²) in [6.07, 6.45) is -8.36. The van der Waals surface area contributed by atoms with E-state index >= 15 is 8.78 Å². The van der Waals surface area contributed by atoms with E-state index in [0.717, 1.165) is 12.1 Å². The minimum absolute atomic E-state index is 0.0245. The van der Waals surface area contributed by atoms with Crippen LogP contribution in [0.25, 0.3) is 22.4 Å². The molecule has 16 heteroatoms. The maximum absolute atomic E-state index is 15.7. The molecule has 2 aromatic heterocycles. The predicted octanol–water partition coefficient (Wildman–Crippen LogP) is 9.49. The molecule has 260 valence electrons. The smallest absolute Gasteiger partial charge is 0.417 e. The number of aliphatic hydroxyl groups is 1. The lowest BCUT2D eigenvalue weighted by molar-refractivity contribution is -0.138. The van der Waals surface area contributed by atoms with Crippen molar-refractivity contribution in [2.75, 3.05) is 7.11 Å². The number of amides is 1. The van der Waals surface area contributed by atoms with E-state index in [1.807, 2.05) is 0 Å². The second-order valence-electron chi connectivity index (χ2n) is 11.5. The molecular formula is C34H24F8N3O4P. The second kappa shape index (κ2) is 12.8. The third kappa shape index (κ3) is 6.92. The van der Waals surface area contributed by atoms with Gasteiger partial charge in [-0.1, -0.05) is 24.3 Å². The van der Waals surface area contributed by atoms with E-state index in [2.05, 4.69) is 15.3 Å². The van der Waals surface area contributed by atoms with E-state index in [1.165, 1.54) is 43.7 Å². The first-order valence-electron chi connectivity index (χ1n) is 14.7. The van der Waals surface area contributed by atoms with Crippen LogP contribution in [0, 0.1) is 6.92 Å². The SMILES string of the molecule is COc1ncc2cc1-c1ncc(C(F)(F)F)cc1[C@@H]1/C=C\C[C@H](OC(=O)N1)c1cc(C(F)(F)F)cc(c1)C(F)(F)/P=C(/O)c1ccc-2c(C)c1. The number of pyridine rings is 2. The highest BCUT2D eigenvalue weighted by Crippen LogP contribution is 2.45. The number of aromatic nitrogens is 2. The number of carbonyl (C=O) groups excluding carboxylic acids is 1. The molecule has 0 radical (unpaired) electrons. The first-order chi connectivity index (χ1) is 23.4. The Labute approximate surface area is 280 Å². The third-order valence-corrected chi connectivity index (χ3v) is 9.13. The van der Waals surface area contributed by atoms with Crippen LogP contribution in [-0.2, 0) is 22.8 Å². The highest BCUT2D eigenvalue weighted by molar-refractivity contribution is 7.41. The van der Waals surface area contributed by atoms with Crippen molar-refractivity contribution in [2.45, 2.75) is 43.5 Å². The van der Waals surface area contributed by atoms with Crippen LogP contribution < -0.4 is 10.1 Å². The van der Waals surface area contributed by atoms with E-state index in [0.29, 0.717) is 29.0 Å². The third-order valence-electron chi connectivity index (χ3n) is 8.12. The largest absolute Gasteiger partial charge is 0.481 e. The summed E-state index contributed by atoms with van der Waals surface area (Å²) >= 11 is 0. The molecule has 0 unspecified atom stereocenters. The molecule has 2 atom stereocenters. The number of nitrogens with zero attached hydrogens (tertiary/aromatic N) is 2. The van der Waals surface area contributed by atoms with E-state index in [4.69, 9.17) is 9.47 Å². The monoisotopic (exact) mass is 721 g/mol. The van der Waals surface area contributed by atoms with Gasteiger partial charge in [0.2, 0.25) is 5.88 Å². The molecule has 2 aromatic carbocycles. The number of aliphatic hydroxyl groups excluding tert-OH is 1. The number of ether oxygens (including phenoxy) is 2. The molecule has 4 aromatic rings. The first-order valence-corrected chi connectivity index (χ1v) is 15.6. The van der Waals surface area contributed by atoms with Gasteiger partial charge >= 0.3 is 24.1 Å². The van der Waals surface area contributed by atoms with Gasteiger partial charge in [-0.15, -0.1) is 0 Å². The molecular weight excluding hydrogens is 697 g/mol. The van der Waals surface area contributed by atoms with E-state index < -0.39 is 72.2 Å². The molecule has 7 heterocycles. The Balaban J connectivity index is 1.64. The molecule has 5 aliphatic rings. The van der Waals surface area contributed by atoms with E-state index in [1.54, 1.807) is 13.0 Å². The summed E-state index contributed by atoms with van der Waals surface area (Å²) in [5, 5.41) is 13.2. The Hall–Kier alpha value is -4.88. The summed E-state index contributed by atoms with van der Waals surface area (Å²) < 4.78 is 126. The Kier molecular flexibility index (Phi) is 8.94. The summed E-state index contributed by atoms with van der Waals surface area (Å²) in [5.41, 5.74) is -7.71. The van der Waals surface area contributed by atoms with Gasteiger partial charge in [-0.2, -0.15) is 35.1 Å². The summed E-state index contributed by atoms with van der Waals surface area (Å²) in [5.74, 6) is -0.0245. The van der Waals surface area contributed by atoms with Crippen molar-refractivity contribution >= 4 is 19.8 Å².